The number of carbonyl (C=O) groups is 1. The minimum atomic E-state index is -0.172. The molecular formula is C23H25NO4. The number of carbonyl (C=O) groups excluding carboxylic acids is 1. The second kappa shape index (κ2) is 7.68. The fraction of sp³-hybridized carbons (Fsp3) is 0.348. The molecule has 2 aliphatic rings. The highest BCUT2D eigenvalue weighted by atomic mass is 16.5. The highest BCUT2D eigenvalue weighted by Crippen LogP contribution is 2.41. The number of hydrogen-bond donors (Lipinski definition) is 1. The SMILES string of the molecule is COc1ccccc1C=C1Oc2c(ccc(O)c2CN2CCCC[C@H]2C)C1=O. The molecule has 1 saturated heterocycles. The fourth-order valence-corrected chi connectivity index (χ4v) is 3.97. The van der Waals surface area contributed by atoms with Gasteiger partial charge in [0.2, 0.25) is 5.78 Å². The van der Waals surface area contributed by atoms with Crippen molar-refractivity contribution in [1.82, 2.24) is 4.90 Å². The van der Waals surface area contributed by atoms with Crippen molar-refractivity contribution < 1.29 is 19.4 Å². The van der Waals surface area contributed by atoms with Crippen LogP contribution in [0.2, 0.25) is 0 Å². The van der Waals surface area contributed by atoms with Crippen LogP contribution < -0.4 is 9.47 Å². The second-order valence-corrected chi connectivity index (χ2v) is 7.44. The van der Waals surface area contributed by atoms with Crippen LogP contribution >= 0.6 is 0 Å². The van der Waals surface area contributed by atoms with E-state index >= 15 is 0 Å². The molecule has 5 heteroatoms. The van der Waals surface area contributed by atoms with Crippen molar-refractivity contribution in [1.29, 1.82) is 0 Å². The largest absolute Gasteiger partial charge is 0.507 e. The first-order valence-corrected chi connectivity index (χ1v) is 9.74. The van der Waals surface area contributed by atoms with Crippen molar-refractivity contribution in [2.24, 2.45) is 0 Å². The smallest absolute Gasteiger partial charge is 0.231 e. The van der Waals surface area contributed by atoms with Gasteiger partial charge in [0, 0.05) is 18.2 Å². The Labute approximate surface area is 165 Å². The van der Waals surface area contributed by atoms with Crippen LogP contribution in [0.3, 0.4) is 0 Å². The normalized spacial score (nSPS) is 20.9. The zero-order valence-corrected chi connectivity index (χ0v) is 16.3. The number of fused-ring (bicyclic) bond motifs is 1. The molecule has 5 nitrogen and oxygen atoms in total. The summed E-state index contributed by atoms with van der Waals surface area (Å²) in [5.41, 5.74) is 1.96. The van der Waals surface area contributed by atoms with Gasteiger partial charge in [-0.25, -0.2) is 0 Å². The minimum absolute atomic E-state index is 0.169. The minimum Gasteiger partial charge on any atom is -0.507 e. The van der Waals surface area contributed by atoms with Gasteiger partial charge in [-0.2, -0.15) is 0 Å². The molecule has 28 heavy (non-hydrogen) atoms. The Kier molecular flexibility index (Phi) is 5.09. The van der Waals surface area contributed by atoms with E-state index in [1.807, 2.05) is 24.3 Å². The van der Waals surface area contributed by atoms with Gasteiger partial charge in [0.1, 0.15) is 17.2 Å². The number of Topliss-reactive ketones (excluding diaryl/α,β-unsaturated/α-hetero) is 1. The van der Waals surface area contributed by atoms with Crippen LogP contribution in [-0.2, 0) is 6.54 Å². The number of benzene rings is 2. The summed E-state index contributed by atoms with van der Waals surface area (Å²) in [6, 6.07) is 11.2. The van der Waals surface area contributed by atoms with Crippen LogP contribution in [0.4, 0.5) is 0 Å². The van der Waals surface area contributed by atoms with Crippen molar-refractivity contribution >= 4 is 11.9 Å². The Balaban J connectivity index is 1.68. The van der Waals surface area contributed by atoms with Gasteiger partial charge in [-0.05, 0) is 50.6 Å². The zero-order valence-electron chi connectivity index (χ0n) is 16.3. The number of phenolic OH excluding ortho intramolecular Hbond substituents is 1. The average molecular weight is 379 g/mol. The molecule has 1 fully saturated rings. The van der Waals surface area contributed by atoms with E-state index < -0.39 is 0 Å². The van der Waals surface area contributed by atoms with Crippen LogP contribution in [0.15, 0.2) is 42.2 Å². The highest BCUT2D eigenvalue weighted by molar-refractivity contribution is 6.15. The maximum Gasteiger partial charge on any atom is 0.231 e. The Morgan fingerprint density at radius 1 is 1.25 bits per heavy atom. The Morgan fingerprint density at radius 2 is 2.07 bits per heavy atom. The maximum absolute atomic E-state index is 12.9. The third-order valence-electron chi connectivity index (χ3n) is 5.64. The van der Waals surface area contributed by atoms with E-state index in [1.54, 1.807) is 25.3 Å². The van der Waals surface area contributed by atoms with Crippen molar-refractivity contribution in [2.75, 3.05) is 13.7 Å². The number of piperidine rings is 1. The van der Waals surface area contributed by atoms with Crippen molar-refractivity contribution in [2.45, 2.75) is 38.8 Å². The predicted molar refractivity (Wildman–Crippen MR) is 108 cm³/mol. The summed E-state index contributed by atoms with van der Waals surface area (Å²) in [6.07, 6.45) is 5.23. The van der Waals surface area contributed by atoms with E-state index in [0.29, 0.717) is 35.2 Å². The molecule has 0 radical (unpaired) electrons. The topological polar surface area (TPSA) is 59.0 Å². The number of aromatic hydroxyl groups is 1. The third-order valence-corrected chi connectivity index (χ3v) is 5.64. The Hall–Kier alpha value is -2.79. The zero-order chi connectivity index (χ0) is 19.7. The first kappa shape index (κ1) is 18.6. The first-order chi connectivity index (χ1) is 13.6. The molecule has 0 aromatic heterocycles. The van der Waals surface area contributed by atoms with E-state index in [-0.39, 0.29) is 17.3 Å². The number of ketones is 1. The average Bonchev–Trinajstić information content (AvgIpc) is 3.02. The van der Waals surface area contributed by atoms with E-state index in [0.717, 1.165) is 24.9 Å². The first-order valence-electron chi connectivity index (χ1n) is 9.74. The monoisotopic (exact) mass is 379 g/mol. The molecule has 0 spiro atoms. The van der Waals surface area contributed by atoms with Gasteiger partial charge in [-0.1, -0.05) is 24.6 Å². The number of allylic oxidation sites excluding steroid dienone is 1. The van der Waals surface area contributed by atoms with Crippen molar-refractivity contribution in [3.05, 3.63) is 58.8 Å². The summed E-state index contributed by atoms with van der Waals surface area (Å²) in [4.78, 5) is 15.2. The van der Waals surface area contributed by atoms with E-state index in [4.69, 9.17) is 9.47 Å². The number of rotatable bonds is 4. The molecule has 1 atom stereocenters. The maximum atomic E-state index is 12.9. The predicted octanol–water partition coefficient (Wildman–Crippen LogP) is 4.39. The van der Waals surface area contributed by atoms with Crippen LogP contribution in [0.5, 0.6) is 17.2 Å². The standard InChI is InChI=1S/C23H25NO4/c1-15-7-5-6-12-24(15)14-18-19(25)11-10-17-22(26)21(28-23(17)18)13-16-8-3-4-9-20(16)27-2/h3-4,8-11,13,15,25H,5-7,12,14H2,1-2H3/t15-/m1/s1. The summed E-state index contributed by atoms with van der Waals surface area (Å²) < 4.78 is 11.3. The van der Waals surface area contributed by atoms with Crippen LogP contribution in [0, 0.1) is 0 Å². The fourth-order valence-electron chi connectivity index (χ4n) is 3.97. The van der Waals surface area contributed by atoms with Gasteiger partial charge in [0.25, 0.3) is 0 Å². The second-order valence-electron chi connectivity index (χ2n) is 7.44. The quantitative estimate of drug-likeness (QED) is 0.799. The number of phenols is 1. The molecule has 0 aliphatic carbocycles. The van der Waals surface area contributed by atoms with Gasteiger partial charge < -0.3 is 14.6 Å². The highest BCUT2D eigenvalue weighted by Gasteiger charge is 2.32. The van der Waals surface area contributed by atoms with Gasteiger partial charge >= 0.3 is 0 Å². The lowest BCUT2D eigenvalue weighted by Gasteiger charge is -2.33. The summed E-state index contributed by atoms with van der Waals surface area (Å²) in [5.74, 6) is 1.39. The van der Waals surface area contributed by atoms with E-state index in [9.17, 15) is 9.90 Å². The van der Waals surface area contributed by atoms with Gasteiger partial charge in [0.15, 0.2) is 5.76 Å². The van der Waals surface area contributed by atoms with Gasteiger partial charge in [-0.15, -0.1) is 0 Å². The number of likely N-dealkylation sites (tertiary alicyclic amines) is 1. The number of hydrogen-bond acceptors (Lipinski definition) is 5. The molecule has 146 valence electrons. The van der Waals surface area contributed by atoms with Crippen LogP contribution in [-0.4, -0.2) is 35.5 Å². The molecule has 2 heterocycles. The number of nitrogens with zero attached hydrogens (tertiary/aromatic N) is 1. The van der Waals surface area contributed by atoms with Crippen molar-refractivity contribution in [3.8, 4) is 17.2 Å². The molecule has 2 aliphatic heterocycles. The van der Waals surface area contributed by atoms with Gasteiger partial charge in [-0.3, -0.25) is 9.69 Å². The lowest BCUT2D eigenvalue weighted by atomic mass is 10.0. The molecule has 2 aromatic carbocycles. The molecule has 2 aromatic rings. The Bertz CT molecular complexity index is 934. The molecular weight excluding hydrogens is 354 g/mol. The van der Waals surface area contributed by atoms with Gasteiger partial charge in [0.05, 0.1) is 18.2 Å². The summed E-state index contributed by atoms with van der Waals surface area (Å²) in [7, 11) is 1.60. The summed E-state index contributed by atoms with van der Waals surface area (Å²) in [5, 5.41) is 10.5. The molecule has 1 N–H and O–H groups in total. The molecule has 0 bridgehead atoms. The molecule has 4 rings (SSSR count). The molecule has 0 unspecified atom stereocenters. The number of ether oxygens (including phenoxy) is 2. The van der Waals surface area contributed by atoms with Crippen LogP contribution in [0.1, 0.15) is 47.7 Å². The number of methoxy groups -OCH3 is 1. The van der Waals surface area contributed by atoms with E-state index in [1.165, 1.54) is 6.42 Å². The molecule has 0 amide bonds. The summed E-state index contributed by atoms with van der Waals surface area (Å²) >= 11 is 0. The lowest BCUT2D eigenvalue weighted by molar-refractivity contribution is 0.101. The van der Waals surface area contributed by atoms with Crippen molar-refractivity contribution in [3.63, 3.8) is 0 Å². The van der Waals surface area contributed by atoms with Crippen LogP contribution in [0.25, 0.3) is 6.08 Å². The Morgan fingerprint density at radius 3 is 2.86 bits per heavy atom. The van der Waals surface area contributed by atoms with E-state index in [2.05, 4.69) is 11.8 Å². The number of para-hydroxylation sites is 1. The summed E-state index contributed by atoms with van der Waals surface area (Å²) in [6.45, 7) is 3.77. The lowest BCUT2D eigenvalue weighted by Crippen LogP contribution is -2.36. The molecule has 0 saturated carbocycles. The third kappa shape index (κ3) is 3.38.